The van der Waals surface area contributed by atoms with Crippen LogP contribution < -0.4 is 0 Å². The number of rotatable bonds is 9. The van der Waals surface area contributed by atoms with E-state index in [9.17, 15) is 23.5 Å². The summed E-state index contributed by atoms with van der Waals surface area (Å²) >= 11 is 3.36. The van der Waals surface area contributed by atoms with Crippen molar-refractivity contribution >= 4 is 54.9 Å². The molecule has 0 amide bonds. The van der Waals surface area contributed by atoms with Gasteiger partial charge in [-0.3, -0.25) is 4.79 Å². The molecule has 0 spiro atoms. The van der Waals surface area contributed by atoms with Crippen molar-refractivity contribution in [3.8, 4) is 22.3 Å². The number of carboxylic acid groups (broad SMARTS) is 1. The Balaban J connectivity index is 0.000000187. The first kappa shape index (κ1) is 45.6. The molecule has 1 aliphatic heterocycles. The number of benzene rings is 2. The molecule has 5 heterocycles. The second kappa shape index (κ2) is 18.0. The SMILES string of the molecule is CC(=O)[C@@H](OC(C)(C)C)c1c(C)nc2sc3c(c2c1-c1ccc(C)cc1)CCOC3.Cc1nc2sc3c(c2c(-c2ccc(C(F)F)cc2)c1[C@H](OC(C)(C)C)C(=O)O)CCCC3. The van der Waals surface area contributed by atoms with Crippen molar-refractivity contribution in [3.05, 3.63) is 103 Å². The molecule has 12 heteroatoms. The Hall–Kier alpha value is -4.46. The number of halogens is 2. The lowest BCUT2D eigenvalue weighted by atomic mass is 9.87. The lowest BCUT2D eigenvalue weighted by Gasteiger charge is -2.29. The Morgan fingerprint density at radius 1 is 0.710 bits per heavy atom. The Labute approximate surface area is 370 Å². The van der Waals surface area contributed by atoms with Crippen molar-refractivity contribution in [1.82, 2.24) is 9.97 Å². The maximum absolute atomic E-state index is 13.2. The number of aliphatic carboxylic acids is 1. The first-order valence-corrected chi connectivity index (χ1v) is 22.9. The number of hydrogen-bond acceptors (Lipinski definition) is 9. The molecule has 4 aromatic heterocycles. The topological polar surface area (TPSA) is 108 Å². The van der Waals surface area contributed by atoms with Crippen LogP contribution in [0.3, 0.4) is 0 Å². The average Bonchev–Trinajstić information content (AvgIpc) is 3.75. The lowest BCUT2D eigenvalue weighted by molar-refractivity contribution is -0.160. The highest BCUT2D eigenvalue weighted by atomic mass is 32.1. The van der Waals surface area contributed by atoms with Gasteiger partial charge < -0.3 is 19.3 Å². The Kier molecular flexibility index (Phi) is 13.2. The van der Waals surface area contributed by atoms with E-state index in [0.717, 1.165) is 80.5 Å². The van der Waals surface area contributed by atoms with Gasteiger partial charge in [-0.05, 0) is 124 Å². The molecule has 328 valence electrons. The van der Waals surface area contributed by atoms with E-state index in [1.807, 2.05) is 48.5 Å². The van der Waals surface area contributed by atoms with E-state index in [1.165, 1.54) is 38.6 Å². The standard InChI is InChI=1S/C25H27F2NO3S.C25H29NO3S/c1-13-18(21(24(29)30)31-25(2,3)4)19(14-9-11-15(12-10-14)22(26)27)20-16-7-5-6-8-17(16)32-23(20)28-13;1-14-7-9-17(10-8-14)21-20(23(16(3)27)29-25(4,5)6)15(2)26-24-22(21)18-11-12-28-13-19(18)30-24/h9-12,21-22H,5-8H2,1-4H3,(H,29,30);7-10,23H,11-13H2,1-6H3/t21-;23-/m01/s1. The number of hydrogen-bond donors (Lipinski definition) is 1. The number of aromatic nitrogens is 2. The fourth-order valence-corrected chi connectivity index (χ4v) is 11.1. The van der Waals surface area contributed by atoms with E-state index in [2.05, 4.69) is 31.2 Å². The van der Waals surface area contributed by atoms with Crippen LogP contribution in [-0.2, 0) is 49.7 Å². The molecule has 1 aliphatic carbocycles. The predicted octanol–water partition coefficient (Wildman–Crippen LogP) is 13.1. The van der Waals surface area contributed by atoms with E-state index in [0.29, 0.717) is 30.0 Å². The number of alkyl halides is 2. The molecular formula is C50H56F2N2O6S2. The quantitative estimate of drug-likeness (QED) is 0.153. The summed E-state index contributed by atoms with van der Waals surface area (Å²) in [6, 6.07) is 14.7. The fraction of sp³-hybridized carbons (Fsp3) is 0.440. The number of thiophene rings is 2. The van der Waals surface area contributed by atoms with Crippen molar-refractivity contribution in [1.29, 1.82) is 0 Å². The number of fused-ring (bicyclic) bond motifs is 6. The molecule has 0 radical (unpaired) electrons. The molecule has 2 atom stereocenters. The second-order valence-electron chi connectivity index (χ2n) is 18.3. The molecule has 8 rings (SSSR count). The Morgan fingerprint density at radius 3 is 1.71 bits per heavy atom. The number of aryl methyl sites for hydroxylation is 5. The molecule has 62 heavy (non-hydrogen) atoms. The summed E-state index contributed by atoms with van der Waals surface area (Å²) in [7, 11) is 0. The van der Waals surface area contributed by atoms with Gasteiger partial charge in [-0.2, -0.15) is 0 Å². The van der Waals surface area contributed by atoms with Crippen molar-refractivity contribution in [3.63, 3.8) is 0 Å². The summed E-state index contributed by atoms with van der Waals surface area (Å²) in [5, 5.41) is 12.2. The number of carbonyl (C=O) groups excluding carboxylic acids is 1. The molecule has 0 saturated carbocycles. The summed E-state index contributed by atoms with van der Waals surface area (Å²) in [6.07, 6.45) is 0.483. The van der Waals surface area contributed by atoms with E-state index < -0.39 is 35.8 Å². The zero-order valence-electron chi connectivity index (χ0n) is 37.3. The van der Waals surface area contributed by atoms with Crippen LogP contribution in [0, 0.1) is 20.8 Å². The third kappa shape index (κ3) is 9.55. The molecule has 6 aromatic rings. The Morgan fingerprint density at radius 2 is 1.19 bits per heavy atom. The van der Waals surface area contributed by atoms with Gasteiger partial charge in [-0.1, -0.05) is 54.1 Å². The van der Waals surface area contributed by atoms with Crippen LogP contribution in [0.15, 0.2) is 48.5 Å². The zero-order valence-corrected chi connectivity index (χ0v) is 38.9. The maximum Gasteiger partial charge on any atom is 0.337 e. The van der Waals surface area contributed by atoms with Gasteiger partial charge in [0.25, 0.3) is 6.43 Å². The number of carboxylic acids is 1. The lowest BCUT2D eigenvalue weighted by Crippen LogP contribution is -2.28. The summed E-state index contributed by atoms with van der Waals surface area (Å²) < 4.78 is 44.4. The van der Waals surface area contributed by atoms with Crippen LogP contribution in [0.25, 0.3) is 42.7 Å². The molecule has 0 fully saturated rings. The number of nitrogens with zero attached hydrogens (tertiary/aromatic N) is 2. The first-order chi connectivity index (χ1) is 29.2. The van der Waals surface area contributed by atoms with Crippen molar-refractivity contribution < 1.29 is 37.7 Å². The summed E-state index contributed by atoms with van der Waals surface area (Å²) in [6.45, 7) is 20.2. The van der Waals surface area contributed by atoms with Gasteiger partial charge in [-0.15, -0.1) is 22.7 Å². The van der Waals surface area contributed by atoms with Gasteiger partial charge in [0, 0.05) is 59.7 Å². The van der Waals surface area contributed by atoms with Gasteiger partial charge >= 0.3 is 5.97 Å². The zero-order chi connectivity index (χ0) is 44.8. The van der Waals surface area contributed by atoms with Gasteiger partial charge in [0.15, 0.2) is 11.9 Å². The highest BCUT2D eigenvalue weighted by molar-refractivity contribution is 7.19. The third-order valence-electron chi connectivity index (χ3n) is 11.2. The molecule has 8 nitrogen and oxygen atoms in total. The molecular weight excluding hydrogens is 827 g/mol. The molecule has 0 bridgehead atoms. The van der Waals surface area contributed by atoms with Gasteiger partial charge in [0.05, 0.1) is 24.4 Å². The highest BCUT2D eigenvalue weighted by Gasteiger charge is 2.35. The van der Waals surface area contributed by atoms with Crippen LogP contribution >= 0.6 is 22.7 Å². The smallest absolute Gasteiger partial charge is 0.337 e. The summed E-state index contributed by atoms with van der Waals surface area (Å²) in [5.41, 5.74) is 8.95. The summed E-state index contributed by atoms with van der Waals surface area (Å²) in [4.78, 5) is 39.3. The van der Waals surface area contributed by atoms with Gasteiger partial charge in [0.2, 0.25) is 0 Å². The first-order valence-electron chi connectivity index (χ1n) is 21.2. The fourth-order valence-electron chi connectivity index (χ4n) is 8.54. The van der Waals surface area contributed by atoms with Gasteiger partial charge in [-0.25, -0.2) is 23.5 Å². The molecule has 2 aliphatic rings. The van der Waals surface area contributed by atoms with Crippen molar-refractivity contribution in [2.45, 2.75) is 138 Å². The molecule has 0 unspecified atom stereocenters. The largest absolute Gasteiger partial charge is 0.479 e. The van der Waals surface area contributed by atoms with Gasteiger partial charge in [0.1, 0.15) is 15.8 Å². The molecule has 1 N–H and O–H groups in total. The third-order valence-corrected chi connectivity index (χ3v) is 13.4. The van der Waals surface area contributed by atoms with Crippen molar-refractivity contribution in [2.24, 2.45) is 0 Å². The van der Waals surface area contributed by atoms with E-state index in [1.54, 1.807) is 48.7 Å². The van der Waals surface area contributed by atoms with E-state index in [4.69, 9.17) is 24.2 Å². The summed E-state index contributed by atoms with van der Waals surface area (Å²) in [5.74, 6) is -1.10. The van der Waals surface area contributed by atoms with Crippen LogP contribution in [0.5, 0.6) is 0 Å². The maximum atomic E-state index is 13.2. The number of ether oxygens (including phenoxy) is 3. The van der Waals surface area contributed by atoms with Crippen LogP contribution in [0.4, 0.5) is 8.78 Å². The predicted molar refractivity (Wildman–Crippen MR) is 245 cm³/mol. The van der Waals surface area contributed by atoms with Crippen molar-refractivity contribution in [2.75, 3.05) is 6.61 Å². The van der Waals surface area contributed by atoms with Crippen LogP contribution in [0.2, 0.25) is 0 Å². The highest BCUT2D eigenvalue weighted by Crippen LogP contribution is 2.47. The van der Waals surface area contributed by atoms with Crippen LogP contribution in [0.1, 0.15) is 134 Å². The number of ketones is 1. The number of Topliss-reactive ketones (excluding diaryl/α,β-unsaturated/α-hetero) is 1. The number of carbonyl (C=O) groups is 2. The number of pyridine rings is 2. The molecule has 2 aromatic carbocycles. The monoisotopic (exact) mass is 882 g/mol. The normalized spacial score (nSPS) is 15.2. The average molecular weight is 883 g/mol. The Bertz CT molecular complexity index is 2640. The van der Waals surface area contributed by atoms with E-state index >= 15 is 0 Å². The van der Waals surface area contributed by atoms with E-state index in [-0.39, 0.29) is 11.3 Å². The molecule has 0 saturated heterocycles. The van der Waals surface area contributed by atoms with Crippen LogP contribution in [-0.4, -0.2) is 44.6 Å². The minimum Gasteiger partial charge on any atom is -0.479 e. The minimum absolute atomic E-state index is 0.00466. The minimum atomic E-state index is -2.56. The second-order valence-corrected chi connectivity index (χ2v) is 20.5.